The van der Waals surface area contributed by atoms with Gasteiger partial charge < -0.3 is 10.6 Å². The molecule has 2 N–H and O–H groups in total. The Labute approximate surface area is 110 Å². The van der Waals surface area contributed by atoms with Gasteiger partial charge in [0.2, 0.25) is 5.91 Å². The van der Waals surface area contributed by atoms with Gasteiger partial charge in [-0.1, -0.05) is 46.8 Å². The van der Waals surface area contributed by atoms with Gasteiger partial charge in [-0.2, -0.15) is 0 Å². The van der Waals surface area contributed by atoms with Crippen LogP contribution in [0.25, 0.3) is 0 Å². The Morgan fingerprint density at radius 2 is 1.94 bits per heavy atom. The van der Waals surface area contributed by atoms with Crippen molar-refractivity contribution in [1.82, 2.24) is 5.32 Å². The molecule has 0 bridgehead atoms. The summed E-state index contributed by atoms with van der Waals surface area (Å²) in [5, 5.41) is 6.30. The Morgan fingerprint density at radius 3 is 2.50 bits per heavy atom. The van der Waals surface area contributed by atoms with Crippen molar-refractivity contribution in [3.63, 3.8) is 0 Å². The van der Waals surface area contributed by atoms with E-state index >= 15 is 0 Å². The van der Waals surface area contributed by atoms with Crippen LogP contribution in [-0.4, -0.2) is 11.9 Å². The number of nitrogens with one attached hydrogen (secondary N) is 2. The minimum atomic E-state index is -0.369. The second kappa shape index (κ2) is 6.01. The highest BCUT2D eigenvalue weighted by Crippen LogP contribution is 2.18. The van der Waals surface area contributed by atoms with Crippen LogP contribution < -0.4 is 10.6 Å². The van der Waals surface area contributed by atoms with Crippen LogP contribution in [0.5, 0.6) is 0 Å². The van der Waals surface area contributed by atoms with Crippen molar-refractivity contribution in [3.05, 3.63) is 29.8 Å². The van der Waals surface area contributed by atoms with E-state index in [1.807, 2.05) is 39.0 Å². The predicted octanol–water partition coefficient (Wildman–Crippen LogP) is 3.17. The van der Waals surface area contributed by atoms with E-state index in [0.29, 0.717) is 6.04 Å². The molecule has 0 saturated carbocycles. The van der Waals surface area contributed by atoms with Gasteiger partial charge in [-0.3, -0.25) is 4.79 Å². The van der Waals surface area contributed by atoms with Gasteiger partial charge >= 0.3 is 0 Å². The van der Waals surface area contributed by atoms with E-state index in [0.717, 1.165) is 12.2 Å². The first-order valence-corrected chi connectivity index (χ1v) is 6.43. The molecule has 0 atom stereocenters. The van der Waals surface area contributed by atoms with Crippen LogP contribution in [0.3, 0.4) is 0 Å². The first kappa shape index (κ1) is 14.7. The summed E-state index contributed by atoms with van der Waals surface area (Å²) in [6.07, 6.45) is 0. The third kappa shape index (κ3) is 4.88. The van der Waals surface area contributed by atoms with E-state index < -0.39 is 0 Å². The Hall–Kier alpha value is -1.35. The van der Waals surface area contributed by atoms with Crippen molar-refractivity contribution in [2.45, 2.75) is 47.2 Å². The van der Waals surface area contributed by atoms with E-state index in [2.05, 4.69) is 30.5 Å². The van der Waals surface area contributed by atoms with Crippen LogP contribution in [0.15, 0.2) is 24.3 Å². The van der Waals surface area contributed by atoms with E-state index in [1.165, 1.54) is 5.56 Å². The fraction of sp³-hybridized carbons (Fsp3) is 0.533. The second-order valence-electron chi connectivity index (χ2n) is 5.94. The molecular weight excluding hydrogens is 224 g/mol. The molecule has 1 rings (SSSR count). The fourth-order valence-corrected chi connectivity index (χ4v) is 1.40. The number of amides is 1. The zero-order chi connectivity index (χ0) is 13.8. The lowest BCUT2D eigenvalue weighted by molar-refractivity contribution is -0.123. The molecule has 0 aromatic heterocycles. The summed E-state index contributed by atoms with van der Waals surface area (Å²) in [5.41, 5.74) is 1.67. The fourth-order valence-electron chi connectivity index (χ4n) is 1.40. The van der Waals surface area contributed by atoms with Crippen LogP contribution in [0.2, 0.25) is 0 Å². The molecule has 3 nitrogen and oxygen atoms in total. The lowest BCUT2D eigenvalue weighted by Crippen LogP contribution is -2.27. The van der Waals surface area contributed by atoms with Gasteiger partial charge in [0.05, 0.1) is 0 Å². The molecule has 0 aliphatic rings. The van der Waals surface area contributed by atoms with Gasteiger partial charge in [0.1, 0.15) is 0 Å². The average molecular weight is 248 g/mol. The van der Waals surface area contributed by atoms with Gasteiger partial charge in [0.15, 0.2) is 0 Å². The van der Waals surface area contributed by atoms with Crippen LogP contribution in [-0.2, 0) is 11.3 Å². The number of hydrogen-bond acceptors (Lipinski definition) is 2. The SMILES string of the molecule is CC(C)NCc1cccc(NC(=O)C(C)(C)C)c1. The monoisotopic (exact) mass is 248 g/mol. The molecule has 18 heavy (non-hydrogen) atoms. The standard InChI is InChI=1S/C15H24N2O/c1-11(2)16-10-12-7-6-8-13(9-12)17-14(18)15(3,4)5/h6-9,11,16H,10H2,1-5H3,(H,17,18). The third-order valence-corrected chi connectivity index (χ3v) is 2.58. The molecule has 1 amide bonds. The molecule has 1 aromatic rings. The van der Waals surface area contributed by atoms with Gasteiger partial charge in [0.25, 0.3) is 0 Å². The summed E-state index contributed by atoms with van der Waals surface area (Å²) in [7, 11) is 0. The quantitative estimate of drug-likeness (QED) is 0.859. The molecule has 0 fully saturated rings. The van der Waals surface area contributed by atoms with Crippen molar-refractivity contribution in [2.75, 3.05) is 5.32 Å². The maximum Gasteiger partial charge on any atom is 0.229 e. The van der Waals surface area contributed by atoms with E-state index in [-0.39, 0.29) is 11.3 Å². The lowest BCUT2D eigenvalue weighted by atomic mass is 9.95. The smallest absolute Gasteiger partial charge is 0.229 e. The van der Waals surface area contributed by atoms with Crippen molar-refractivity contribution >= 4 is 11.6 Å². The molecule has 3 heteroatoms. The summed E-state index contributed by atoms with van der Waals surface area (Å²) in [4.78, 5) is 11.9. The Morgan fingerprint density at radius 1 is 1.28 bits per heavy atom. The molecule has 0 aliphatic heterocycles. The Balaban J connectivity index is 2.68. The highest BCUT2D eigenvalue weighted by molar-refractivity contribution is 5.94. The molecule has 1 aromatic carbocycles. The van der Waals surface area contributed by atoms with Crippen molar-refractivity contribution in [2.24, 2.45) is 5.41 Å². The highest BCUT2D eigenvalue weighted by atomic mass is 16.2. The van der Waals surface area contributed by atoms with E-state index in [1.54, 1.807) is 0 Å². The predicted molar refractivity (Wildman–Crippen MR) is 76.5 cm³/mol. The summed E-state index contributed by atoms with van der Waals surface area (Å²) in [5.74, 6) is 0.0384. The van der Waals surface area contributed by atoms with Gasteiger partial charge in [-0.25, -0.2) is 0 Å². The zero-order valence-corrected chi connectivity index (χ0v) is 12.0. The molecule has 0 aliphatic carbocycles. The maximum atomic E-state index is 11.9. The normalized spacial score (nSPS) is 11.7. The summed E-state index contributed by atoms with van der Waals surface area (Å²) in [6, 6.07) is 8.41. The first-order valence-electron chi connectivity index (χ1n) is 6.43. The maximum absolute atomic E-state index is 11.9. The summed E-state index contributed by atoms with van der Waals surface area (Å²) in [6.45, 7) is 10.8. The second-order valence-corrected chi connectivity index (χ2v) is 5.94. The van der Waals surface area contributed by atoms with Crippen molar-refractivity contribution in [1.29, 1.82) is 0 Å². The number of hydrogen-bond donors (Lipinski definition) is 2. The minimum Gasteiger partial charge on any atom is -0.326 e. The van der Waals surface area contributed by atoms with Crippen LogP contribution in [0, 0.1) is 5.41 Å². The minimum absolute atomic E-state index is 0.0384. The van der Waals surface area contributed by atoms with Crippen LogP contribution in [0.1, 0.15) is 40.2 Å². The number of anilines is 1. The Kier molecular flexibility index (Phi) is 4.91. The van der Waals surface area contributed by atoms with E-state index in [4.69, 9.17) is 0 Å². The number of carbonyl (C=O) groups is 1. The number of carbonyl (C=O) groups excluding carboxylic acids is 1. The Bertz CT molecular complexity index is 405. The largest absolute Gasteiger partial charge is 0.326 e. The number of benzene rings is 1. The third-order valence-electron chi connectivity index (χ3n) is 2.58. The van der Waals surface area contributed by atoms with Gasteiger partial charge in [0, 0.05) is 23.7 Å². The molecule has 0 saturated heterocycles. The first-order chi connectivity index (χ1) is 8.29. The summed E-state index contributed by atoms with van der Waals surface area (Å²) < 4.78 is 0. The van der Waals surface area contributed by atoms with Gasteiger partial charge in [-0.15, -0.1) is 0 Å². The van der Waals surface area contributed by atoms with Crippen molar-refractivity contribution in [3.8, 4) is 0 Å². The van der Waals surface area contributed by atoms with Gasteiger partial charge in [-0.05, 0) is 17.7 Å². The molecule has 0 unspecified atom stereocenters. The van der Waals surface area contributed by atoms with Crippen molar-refractivity contribution < 1.29 is 4.79 Å². The van der Waals surface area contributed by atoms with Crippen LogP contribution >= 0.6 is 0 Å². The topological polar surface area (TPSA) is 41.1 Å². The average Bonchev–Trinajstić information content (AvgIpc) is 2.25. The molecule has 0 spiro atoms. The molecular formula is C15H24N2O. The number of rotatable bonds is 4. The molecule has 0 heterocycles. The van der Waals surface area contributed by atoms with E-state index in [9.17, 15) is 4.79 Å². The lowest BCUT2D eigenvalue weighted by Gasteiger charge is -2.18. The summed E-state index contributed by atoms with van der Waals surface area (Å²) >= 11 is 0. The van der Waals surface area contributed by atoms with Crippen LogP contribution in [0.4, 0.5) is 5.69 Å². The zero-order valence-electron chi connectivity index (χ0n) is 12.0. The highest BCUT2D eigenvalue weighted by Gasteiger charge is 2.21. The molecule has 0 radical (unpaired) electrons. The molecule has 100 valence electrons.